The molecule has 1 saturated carbocycles. The van der Waals surface area contributed by atoms with Crippen LogP contribution in [0.25, 0.3) is 0 Å². The molecule has 2 aliphatic carbocycles. The summed E-state index contributed by atoms with van der Waals surface area (Å²) < 4.78 is 4.77. The topological polar surface area (TPSA) is 38.3 Å². The van der Waals surface area contributed by atoms with Crippen molar-refractivity contribution in [3.8, 4) is 0 Å². The van der Waals surface area contributed by atoms with E-state index in [1.165, 1.54) is 31.1 Å². The lowest BCUT2D eigenvalue weighted by Crippen LogP contribution is -2.21. The molecule has 0 heterocycles. The highest BCUT2D eigenvalue weighted by Gasteiger charge is 2.29. The smallest absolute Gasteiger partial charge is 0.337 e. The molecule has 0 spiro atoms. The monoisotopic (exact) mass is 331 g/mol. The number of ether oxygens (including phenoxy) is 1. The molecule has 0 bridgehead atoms. The summed E-state index contributed by atoms with van der Waals surface area (Å²) in [6.07, 6.45) is 10.2. The van der Waals surface area contributed by atoms with Crippen molar-refractivity contribution in [3.63, 3.8) is 0 Å². The standard InChI is InChI=1S/C14H17NO2.C5H10.C2H6/c1-17-14(16)10-3-2-9-4-7-13(12(9)8-10)15-11-5-6-11;1-3-5-4-2;1-2/h2-3,8,11,13,15H,4-7H2,1H3;3,5H,4H2,1-2H3;1-2H3/b;5-3-;. The maximum Gasteiger partial charge on any atom is 0.337 e. The highest BCUT2D eigenvalue weighted by molar-refractivity contribution is 5.89. The lowest BCUT2D eigenvalue weighted by molar-refractivity contribution is 0.0600. The summed E-state index contributed by atoms with van der Waals surface area (Å²) in [7, 11) is 1.43. The summed E-state index contributed by atoms with van der Waals surface area (Å²) >= 11 is 0. The first-order valence-corrected chi connectivity index (χ1v) is 9.27. The number of methoxy groups -OCH3 is 1. The Morgan fingerprint density at radius 3 is 2.50 bits per heavy atom. The van der Waals surface area contributed by atoms with Crippen LogP contribution in [0, 0.1) is 0 Å². The Morgan fingerprint density at radius 1 is 1.29 bits per heavy atom. The van der Waals surface area contributed by atoms with Crippen LogP contribution >= 0.6 is 0 Å². The number of allylic oxidation sites excluding steroid dienone is 2. The maximum atomic E-state index is 11.5. The van der Waals surface area contributed by atoms with Gasteiger partial charge in [-0.15, -0.1) is 0 Å². The number of benzene rings is 1. The third kappa shape index (κ3) is 6.12. The quantitative estimate of drug-likeness (QED) is 0.608. The number of aryl methyl sites for hydroxylation is 1. The van der Waals surface area contributed by atoms with Gasteiger partial charge in [-0.3, -0.25) is 0 Å². The summed E-state index contributed by atoms with van der Waals surface area (Å²) in [6.45, 7) is 8.16. The van der Waals surface area contributed by atoms with E-state index in [9.17, 15) is 4.79 Å². The summed E-state index contributed by atoms with van der Waals surface area (Å²) in [6, 6.07) is 7.06. The maximum absolute atomic E-state index is 11.5. The highest BCUT2D eigenvalue weighted by atomic mass is 16.5. The molecule has 0 aromatic heterocycles. The number of fused-ring (bicyclic) bond motifs is 1. The Labute approximate surface area is 147 Å². The lowest BCUT2D eigenvalue weighted by Gasteiger charge is -2.13. The van der Waals surface area contributed by atoms with Crippen molar-refractivity contribution in [1.29, 1.82) is 0 Å². The van der Waals surface area contributed by atoms with Crippen LogP contribution in [-0.4, -0.2) is 19.1 Å². The number of carbonyl (C=O) groups is 1. The predicted octanol–water partition coefficient (Wildman–Crippen LogP) is 5.21. The number of esters is 1. The van der Waals surface area contributed by atoms with Crippen LogP contribution in [0.3, 0.4) is 0 Å². The molecule has 1 aromatic rings. The molecule has 1 aromatic carbocycles. The van der Waals surface area contributed by atoms with Crippen molar-refractivity contribution >= 4 is 5.97 Å². The number of hydrogen-bond acceptors (Lipinski definition) is 3. The van der Waals surface area contributed by atoms with Gasteiger partial charge < -0.3 is 10.1 Å². The van der Waals surface area contributed by atoms with Crippen LogP contribution < -0.4 is 5.32 Å². The number of nitrogens with one attached hydrogen (secondary N) is 1. The molecule has 24 heavy (non-hydrogen) atoms. The van der Waals surface area contributed by atoms with Crippen molar-refractivity contribution < 1.29 is 9.53 Å². The van der Waals surface area contributed by atoms with Crippen molar-refractivity contribution in [2.24, 2.45) is 0 Å². The summed E-state index contributed by atoms with van der Waals surface area (Å²) in [4.78, 5) is 11.5. The van der Waals surface area contributed by atoms with Gasteiger partial charge in [-0.1, -0.05) is 39.0 Å². The minimum atomic E-state index is -0.245. The first kappa shape index (κ1) is 20.4. The third-order valence-electron chi connectivity index (χ3n) is 4.13. The molecule has 3 rings (SSSR count). The molecule has 3 heteroatoms. The van der Waals surface area contributed by atoms with Gasteiger partial charge in [-0.25, -0.2) is 4.79 Å². The van der Waals surface area contributed by atoms with Crippen molar-refractivity contribution in [2.45, 2.75) is 71.9 Å². The number of rotatable bonds is 4. The molecular weight excluding hydrogens is 298 g/mol. The van der Waals surface area contributed by atoms with Crippen LogP contribution in [-0.2, 0) is 11.2 Å². The zero-order chi connectivity index (χ0) is 17.9. The molecule has 2 aliphatic rings. The van der Waals surface area contributed by atoms with Gasteiger partial charge in [0.15, 0.2) is 0 Å². The van der Waals surface area contributed by atoms with E-state index in [1.54, 1.807) is 0 Å². The van der Waals surface area contributed by atoms with Crippen LogP contribution in [0.15, 0.2) is 30.4 Å². The molecule has 3 nitrogen and oxygen atoms in total. The normalized spacial score (nSPS) is 18.1. The molecule has 1 N–H and O–H groups in total. The zero-order valence-corrected chi connectivity index (χ0v) is 15.9. The Balaban J connectivity index is 0.000000356. The summed E-state index contributed by atoms with van der Waals surface area (Å²) in [5.74, 6) is -0.245. The molecule has 134 valence electrons. The van der Waals surface area contributed by atoms with E-state index in [0.717, 1.165) is 19.3 Å². The minimum Gasteiger partial charge on any atom is -0.465 e. The largest absolute Gasteiger partial charge is 0.465 e. The highest BCUT2D eigenvalue weighted by Crippen LogP contribution is 2.34. The number of carbonyl (C=O) groups excluding carboxylic acids is 1. The van der Waals surface area contributed by atoms with Gasteiger partial charge in [-0.05, 0) is 62.3 Å². The van der Waals surface area contributed by atoms with Crippen LogP contribution in [0.2, 0.25) is 0 Å². The SMILES string of the molecule is C/C=C\CC.CC.COC(=O)c1ccc2c(c1)C(NC1CC1)CC2. The fraction of sp³-hybridized carbons (Fsp3) is 0.571. The van der Waals surface area contributed by atoms with Crippen LogP contribution in [0.4, 0.5) is 0 Å². The van der Waals surface area contributed by atoms with E-state index >= 15 is 0 Å². The Bertz CT molecular complexity index is 533. The molecule has 0 radical (unpaired) electrons. The Morgan fingerprint density at radius 2 is 2.00 bits per heavy atom. The summed E-state index contributed by atoms with van der Waals surface area (Å²) in [5.41, 5.74) is 3.33. The fourth-order valence-corrected chi connectivity index (χ4v) is 2.79. The van der Waals surface area contributed by atoms with Crippen molar-refractivity contribution in [1.82, 2.24) is 5.32 Å². The summed E-state index contributed by atoms with van der Waals surface area (Å²) in [5, 5.41) is 3.64. The van der Waals surface area contributed by atoms with Gasteiger partial charge in [0.1, 0.15) is 0 Å². The second kappa shape index (κ2) is 11.0. The average molecular weight is 332 g/mol. The van der Waals surface area contributed by atoms with Gasteiger partial charge in [0.05, 0.1) is 12.7 Å². The molecular formula is C21H33NO2. The lowest BCUT2D eigenvalue weighted by atomic mass is 10.0. The van der Waals surface area contributed by atoms with Gasteiger partial charge in [-0.2, -0.15) is 0 Å². The fourth-order valence-electron chi connectivity index (χ4n) is 2.79. The Hall–Kier alpha value is -1.61. The van der Waals surface area contributed by atoms with Gasteiger partial charge in [0.25, 0.3) is 0 Å². The van der Waals surface area contributed by atoms with Gasteiger partial charge in [0, 0.05) is 12.1 Å². The minimum absolute atomic E-state index is 0.245. The Kier molecular flexibility index (Phi) is 9.39. The molecule has 1 fully saturated rings. The van der Waals surface area contributed by atoms with Crippen LogP contribution in [0.1, 0.15) is 80.9 Å². The van der Waals surface area contributed by atoms with E-state index in [0.29, 0.717) is 17.6 Å². The van der Waals surface area contributed by atoms with E-state index in [4.69, 9.17) is 4.74 Å². The van der Waals surface area contributed by atoms with Gasteiger partial charge in [0.2, 0.25) is 0 Å². The second-order valence-corrected chi connectivity index (χ2v) is 5.91. The zero-order valence-electron chi connectivity index (χ0n) is 15.9. The van der Waals surface area contributed by atoms with E-state index in [2.05, 4.69) is 30.5 Å². The predicted molar refractivity (Wildman–Crippen MR) is 101 cm³/mol. The van der Waals surface area contributed by atoms with E-state index in [-0.39, 0.29) is 5.97 Å². The molecule has 1 unspecified atom stereocenters. The molecule has 1 atom stereocenters. The second-order valence-electron chi connectivity index (χ2n) is 5.91. The van der Waals surface area contributed by atoms with Crippen molar-refractivity contribution in [2.75, 3.05) is 7.11 Å². The average Bonchev–Trinajstić information content (AvgIpc) is 3.36. The van der Waals surface area contributed by atoms with E-state index in [1.807, 2.05) is 32.9 Å². The number of hydrogen-bond donors (Lipinski definition) is 1. The molecule has 0 amide bonds. The third-order valence-corrected chi connectivity index (χ3v) is 4.13. The van der Waals surface area contributed by atoms with Crippen LogP contribution in [0.5, 0.6) is 0 Å². The van der Waals surface area contributed by atoms with E-state index < -0.39 is 0 Å². The van der Waals surface area contributed by atoms with Crippen molar-refractivity contribution in [3.05, 3.63) is 47.0 Å². The molecule has 0 aliphatic heterocycles. The van der Waals surface area contributed by atoms with Gasteiger partial charge >= 0.3 is 5.97 Å². The molecule has 0 saturated heterocycles. The first-order valence-electron chi connectivity index (χ1n) is 9.27. The first-order chi connectivity index (χ1) is 11.7.